The largest absolute Gasteiger partial charge is 0.387 e. The van der Waals surface area contributed by atoms with Crippen molar-refractivity contribution in [3.8, 4) is 0 Å². The van der Waals surface area contributed by atoms with Crippen LogP contribution in [0.3, 0.4) is 0 Å². The maximum absolute atomic E-state index is 10.3. The van der Waals surface area contributed by atoms with Crippen molar-refractivity contribution < 1.29 is 9.84 Å². The number of aliphatic hydroxyl groups excluding tert-OH is 1. The van der Waals surface area contributed by atoms with Crippen LogP contribution < -0.4 is 0 Å². The van der Waals surface area contributed by atoms with Gasteiger partial charge in [-0.05, 0) is 55.0 Å². The summed E-state index contributed by atoms with van der Waals surface area (Å²) in [6.45, 7) is 5.63. The van der Waals surface area contributed by atoms with Crippen LogP contribution in [0.4, 0.5) is 0 Å². The molecule has 2 rings (SSSR count). The highest BCUT2D eigenvalue weighted by atomic mass is 79.9. The molecule has 0 saturated heterocycles. The molecule has 0 bridgehead atoms. The van der Waals surface area contributed by atoms with E-state index in [2.05, 4.69) is 21.0 Å². The molecular formula is C13H21BrN2O2. The Kier molecular flexibility index (Phi) is 4.81. The minimum Gasteiger partial charge on any atom is -0.387 e. The van der Waals surface area contributed by atoms with Gasteiger partial charge in [-0.1, -0.05) is 0 Å². The van der Waals surface area contributed by atoms with Crippen molar-refractivity contribution in [2.24, 2.45) is 5.92 Å². The summed E-state index contributed by atoms with van der Waals surface area (Å²) in [5.74, 6) is 0.573. The Hall–Kier alpha value is -0.390. The molecule has 1 N–H and O–H groups in total. The zero-order chi connectivity index (χ0) is 13.1. The maximum atomic E-state index is 10.3. The van der Waals surface area contributed by atoms with Gasteiger partial charge in [-0.15, -0.1) is 0 Å². The van der Waals surface area contributed by atoms with Gasteiger partial charge in [-0.25, -0.2) is 0 Å². The van der Waals surface area contributed by atoms with Crippen LogP contribution in [-0.2, 0) is 11.3 Å². The average Bonchev–Trinajstić information content (AvgIpc) is 2.67. The molecule has 0 amide bonds. The monoisotopic (exact) mass is 316 g/mol. The lowest BCUT2D eigenvalue weighted by atomic mass is 9.78. The molecule has 0 radical (unpaired) electrons. The normalized spacial score (nSPS) is 24.9. The molecular weight excluding hydrogens is 296 g/mol. The minimum absolute atomic E-state index is 0.409. The summed E-state index contributed by atoms with van der Waals surface area (Å²) in [6.07, 6.45) is 4.67. The molecule has 1 unspecified atom stereocenters. The van der Waals surface area contributed by atoms with Gasteiger partial charge in [0.05, 0.1) is 28.6 Å². The first-order chi connectivity index (χ1) is 8.65. The van der Waals surface area contributed by atoms with Crippen LogP contribution in [0, 0.1) is 5.92 Å². The van der Waals surface area contributed by atoms with Gasteiger partial charge >= 0.3 is 0 Å². The number of hydrogen-bond donors (Lipinski definition) is 1. The maximum Gasteiger partial charge on any atom is 0.0970 e. The van der Waals surface area contributed by atoms with Gasteiger partial charge in [0.15, 0.2) is 0 Å². The first-order valence-electron chi connectivity index (χ1n) is 6.66. The summed E-state index contributed by atoms with van der Waals surface area (Å²) in [5.41, 5.74) is 0.900. The third-order valence-corrected chi connectivity index (χ3v) is 4.21. The summed E-state index contributed by atoms with van der Waals surface area (Å²) < 4.78 is 8.30. The highest BCUT2D eigenvalue weighted by Crippen LogP contribution is 2.38. The zero-order valence-electron chi connectivity index (χ0n) is 11.0. The summed E-state index contributed by atoms with van der Waals surface area (Å²) in [7, 11) is 0. The molecule has 0 aliphatic heterocycles. The van der Waals surface area contributed by atoms with E-state index in [-0.39, 0.29) is 0 Å². The van der Waals surface area contributed by atoms with E-state index in [1.807, 2.05) is 18.5 Å². The van der Waals surface area contributed by atoms with Crippen LogP contribution in [0.15, 0.2) is 10.7 Å². The highest BCUT2D eigenvalue weighted by molar-refractivity contribution is 9.10. The molecule has 0 spiro atoms. The molecule has 1 atom stereocenters. The van der Waals surface area contributed by atoms with Crippen molar-refractivity contribution in [3.05, 3.63) is 16.4 Å². The SMILES string of the molecule is CCOC1CC(CC(O)c2c(Br)cnn2CC)C1. The number of aryl methyl sites for hydroxylation is 1. The van der Waals surface area contributed by atoms with E-state index in [0.29, 0.717) is 12.0 Å². The number of rotatable bonds is 6. The van der Waals surface area contributed by atoms with E-state index in [1.165, 1.54) is 0 Å². The lowest BCUT2D eigenvalue weighted by molar-refractivity contribution is -0.0387. The minimum atomic E-state index is -0.436. The van der Waals surface area contributed by atoms with E-state index >= 15 is 0 Å². The quantitative estimate of drug-likeness (QED) is 0.877. The fourth-order valence-corrected chi connectivity index (χ4v) is 3.18. The topological polar surface area (TPSA) is 47.3 Å². The van der Waals surface area contributed by atoms with E-state index in [1.54, 1.807) is 6.20 Å². The van der Waals surface area contributed by atoms with Gasteiger partial charge in [0, 0.05) is 13.2 Å². The summed E-state index contributed by atoms with van der Waals surface area (Å²) in [5, 5.41) is 14.6. The summed E-state index contributed by atoms with van der Waals surface area (Å²) in [4.78, 5) is 0. The number of hydrogen-bond acceptors (Lipinski definition) is 3. The molecule has 1 heterocycles. The molecule has 1 saturated carbocycles. The molecule has 1 aromatic rings. The second kappa shape index (κ2) is 6.17. The molecule has 1 fully saturated rings. The van der Waals surface area contributed by atoms with Crippen molar-refractivity contribution in [2.45, 2.75) is 51.9 Å². The molecule has 1 aliphatic carbocycles. The summed E-state index contributed by atoms with van der Waals surface area (Å²) >= 11 is 3.46. The third kappa shape index (κ3) is 2.95. The Bertz CT molecular complexity index is 388. The molecule has 1 aliphatic rings. The first kappa shape index (κ1) is 14.0. The lowest BCUT2D eigenvalue weighted by Gasteiger charge is -2.36. The van der Waals surface area contributed by atoms with E-state index in [4.69, 9.17) is 4.74 Å². The van der Waals surface area contributed by atoms with Crippen LogP contribution in [0.2, 0.25) is 0 Å². The average molecular weight is 317 g/mol. The first-order valence-corrected chi connectivity index (χ1v) is 7.45. The van der Waals surface area contributed by atoms with E-state index in [9.17, 15) is 5.11 Å². The van der Waals surface area contributed by atoms with Gasteiger partial charge in [-0.2, -0.15) is 5.10 Å². The van der Waals surface area contributed by atoms with Crippen molar-refractivity contribution in [3.63, 3.8) is 0 Å². The number of aromatic nitrogens is 2. The van der Waals surface area contributed by atoms with Crippen molar-refractivity contribution in [2.75, 3.05) is 6.61 Å². The third-order valence-electron chi connectivity index (χ3n) is 3.60. The number of aliphatic hydroxyl groups is 1. The zero-order valence-corrected chi connectivity index (χ0v) is 12.6. The molecule has 0 aromatic carbocycles. The van der Waals surface area contributed by atoms with Crippen molar-refractivity contribution in [1.82, 2.24) is 9.78 Å². The lowest BCUT2D eigenvalue weighted by Crippen LogP contribution is -2.32. The predicted molar refractivity (Wildman–Crippen MR) is 73.3 cm³/mol. The van der Waals surface area contributed by atoms with Gasteiger partial charge < -0.3 is 9.84 Å². The predicted octanol–water partition coefficient (Wildman–Crippen LogP) is 2.90. The Morgan fingerprint density at radius 3 is 2.89 bits per heavy atom. The second-order valence-corrected chi connectivity index (χ2v) is 5.71. The second-order valence-electron chi connectivity index (χ2n) is 4.86. The number of halogens is 1. The van der Waals surface area contributed by atoms with Crippen LogP contribution >= 0.6 is 15.9 Å². The fraction of sp³-hybridized carbons (Fsp3) is 0.769. The molecule has 18 heavy (non-hydrogen) atoms. The van der Waals surface area contributed by atoms with E-state index < -0.39 is 6.10 Å². The molecule has 4 nitrogen and oxygen atoms in total. The molecule has 102 valence electrons. The van der Waals surface area contributed by atoms with Crippen LogP contribution in [-0.4, -0.2) is 27.6 Å². The Morgan fingerprint density at radius 1 is 1.56 bits per heavy atom. The molecule has 5 heteroatoms. The van der Waals surface area contributed by atoms with Gasteiger partial charge in [0.1, 0.15) is 0 Å². The van der Waals surface area contributed by atoms with Gasteiger partial charge in [0.2, 0.25) is 0 Å². The molecule has 1 aromatic heterocycles. The summed E-state index contributed by atoms with van der Waals surface area (Å²) in [6, 6.07) is 0. The number of nitrogens with zero attached hydrogens (tertiary/aromatic N) is 2. The smallest absolute Gasteiger partial charge is 0.0970 e. The van der Waals surface area contributed by atoms with Crippen LogP contribution in [0.25, 0.3) is 0 Å². The van der Waals surface area contributed by atoms with Crippen molar-refractivity contribution in [1.29, 1.82) is 0 Å². The Morgan fingerprint density at radius 2 is 2.28 bits per heavy atom. The van der Waals surface area contributed by atoms with Crippen molar-refractivity contribution >= 4 is 15.9 Å². The Balaban J connectivity index is 1.89. The van der Waals surface area contributed by atoms with Crippen LogP contribution in [0.1, 0.15) is 44.9 Å². The standard InChI is InChI=1S/C13H21BrN2O2/c1-3-16-13(11(14)8-15-16)12(17)7-9-5-10(6-9)18-4-2/h8-10,12,17H,3-7H2,1-2H3. The van der Waals surface area contributed by atoms with Gasteiger partial charge in [0.25, 0.3) is 0 Å². The van der Waals surface area contributed by atoms with Crippen LogP contribution in [0.5, 0.6) is 0 Å². The Labute approximate surface area is 116 Å². The fourth-order valence-electron chi connectivity index (χ4n) is 2.62. The number of ether oxygens (including phenoxy) is 1. The van der Waals surface area contributed by atoms with Gasteiger partial charge in [-0.3, -0.25) is 4.68 Å². The highest BCUT2D eigenvalue weighted by Gasteiger charge is 2.32. The van der Waals surface area contributed by atoms with E-state index in [0.717, 1.165) is 42.6 Å².